The third-order valence-corrected chi connectivity index (χ3v) is 2.10. The van der Waals surface area contributed by atoms with Crippen LogP contribution in [0.1, 0.15) is 0 Å². The van der Waals surface area contributed by atoms with E-state index in [1.165, 1.54) is 36.1 Å². The van der Waals surface area contributed by atoms with Crippen LogP contribution in [-0.4, -0.2) is 26.8 Å². The van der Waals surface area contributed by atoms with E-state index in [0.29, 0.717) is 5.69 Å². The van der Waals surface area contributed by atoms with E-state index in [4.69, 9.17) is 10.5 Å². The molecule has 0 spiro atoms. The second-order valence-corrected chi connectivity index (χ2v) is 3.14. The van der Waals surface area contributed by atoms with Crippen molar-refractivity contribution in [3.8, 4) is 11.7 Å². The molecule has 8 heteroatoms. The Bertz CT molecular complexity index is 548. The minimum atomic E-state index is -0.477. The van der Waals surface area contributed by atoms with Crippen LogP contribution in [0.5, 0.6) is 6.01 Å². The maximum Gasteiger partial charge on any atom is 0.337 e. The lowest BCUT2D eigenvalue weighted by Gasteiger charge is -2.00. The molecule has 17 heavy (non-hydrogen) atoms. The first-order valence-electron chi connectivity index (χ1n) is 4.63. The van der Waals surface area contributed by atoms with Crippen molar-refractivity contribution in [3.63, 3.8) is 0 Å². The zero-order chi connectivity index (χ0) is 12.4. The van der Waals surface area contributed by atoms with E-state index in [-0.39, 0.29) is 17.6 Å². The lowest BCUT2D eigenvalue weighted by atomic mass is 10.3. The standard InChI is InChI=1S/C9H9N5O3/c1-17-9-11-8(10)13(12-9)6-2-4-7(5-3-6)14(15)16/h2-5H,1H3,(H2,10,11,12). The SMILES string of the molecule is COc1nc(N)n(-c2ccc([N+](=O)[O-])cc2)n1. The van der Waals surface area contributed by atoms with E-state index in [1.807, 2.05) is 0 Å². The van der Waals surface area contributed by atoms with Crippen LogP contribution in [0, 0.1) is 10.1 Å². The van der Waals surface area contributed by atoms with Gasteiger partial charge in [0.15, 0.2) is 0 Å². The van der Waals surface area contributed by atoms with Gasteiger partial charge < -0.3 is 10.5 Å². The molecule has 0 radical (unpaired) electrons. The predicted molar refractivity (Wildman–Crippen MR) is 59.0 cm³/mol. The van der Waals surface area contributed by atoms with Crippen LogP contribution in [0.15, 0.2) is 24.3 Å². The molecular formula is C9H9N5O3. The van der Waals surface area contributed by atoms with Gasteiger partial charge in [0.2, 0.25) is 5.95 Å². The van der Waals surface area contributed by atoms with Crippen LogP contribution in [0.25, 0.3) is 5.69 Å². The minimum Gasteiger partial charge on any atom is -0.466 e. The summed E-state index contributed by atoms with van der Waals surface area (Å²) < 4.78 is 6.16. The third-order valence-electron chi connectivity index (χ3n) is 2.10. The number of hydrogen-bond acceptors (Lipinski definition) is 6. The molecule has 0 saturated carbocycles. The Morgan fingerprint density at radius 3 is 2.53 bits per heavy atom. The molecule has 1 aromatic carbocycles. The van der Waals surface area contributed by atoms with E-state index in [1.54, 1.807) is 0 Å². The molecule has 0 unspecified atom stereocenters. The molecule has 0 saturated heterocycles. The maximum absolute atomic E-state index is 10.5. The second kappa shape index (κ2) is 4.08. The topological polar surface area (TPSA) is 109 Å². The molecule has 2 N–H and O–H groups in total. The van der Waals surface area contributed by atoms with Crippen LogP contribution in [0.4, 0.5) is 11.6 Å². The summed E-state index contributed by atoms with van der Waals surface area (Å²) in [5.74, 6) is 0.149. The number of hydrogen-bond donors (Lipinski definition) is 1. The quantitative estimate of drug-likeness (QED) is 0.621. The second-order valence-electron chi connectivity index (χ2n) is 3.14. The first-order chi connectivity index (χ1) is 8.11. The number of anilines is 1. The molecule has 0 aliphatic heterocycles. The Kier molecular flexibility index (Phi) is 2.61. The fourth-order valence-corrected chi connectivity index (χ4v) is 1.30. The summed E-state index contributed by atoms with van der Waals surface area (Å²) in [4.78, 5) is 13.9. The number of non-ortho nitro benzene ring substituents is 1. The molecule has 0 atom stereocenters. The van der Waals surface area contributed by atoms with Gasteiger partial charge in [-0.15, -0.1) is 5.10 Å². The van der Waals surface area contributed by atoms with Gasteiger partial charge in [-0.1, -0.05) is 0 Å². The lowest BCUT2D eigenvalue weighted by Crippen LogP contribution is -2.02. The van der Waals surface area contributed by atoms with E-state index in [0.717, 1.165) is 0 Å². The molecule has 0 fully saturated rings. The van der Waals surface area contributed by atoms with Crippen molar-refractivity contribution in [1.29, 1.82) is 0 Å². The number of benzene rings is 1. The summed E-state index contributed by atoms with van der Waals surface area (Å²) >= 11 is 0. The van der Waals surface area contributed by atoms with Crippen molar-refractivity contribution < 1.29 is 9.66 Å². The Labute approximate surface area is 95.8 Å². The Morgan fingerprint density at radius 1 is 1.41 bits per heavy atom. The van der Waals surface area contributed by atoms with Crippen LogP contribution in [0.2, 0.25) is 0 Å². The van der Waals surface area contributed by atoms with Gasteiger partial charge in [-0.05, 0) is 12.1 Å². The number of ether oxygens (including phenoxy) is 1. The summed E-state index contributed by atoms with van der Waals surface area (Å²) in [5, 5.41) is 14.5. The molecule has 0 bridgehead atoms. The summed E-state index contributed by atoms with van der Waals surface area (Å²) in [6, 6.07) is 5.93. The van der Waals surface area contributed by atoms with Crippen molar-refractivity contribution in [3.05, 3.63) is 34.4 Å². The monoisotopic (exact) mass is 235 g/mol. The Hall–Kier alpha value is -2.64. The summed E-state index contributed by atoms with van der Waals surface area (Å²) in [6.07, 6.45) is 0. The van der Waals surface area contributed by atoms with Gasteiger partial charge >= 0.3 is 6.01 Å². The van der Waals surface area contributed by atoms with Gasteiger partial charge in [-0.25, -0.2) is 0 Å². The Balaban J connectivity index is 2.39. The van der Waals surface area contributed by atoms with Gasteiger partial charge in [-0.2, -0.15) is 9.67 Å². The molecule has 2 rings (SSSR count). The minimum absolute atomic E-state index is 0.000554. The summed E-state index contributed by atoms with van der Waals surface area (Å²) in [6.45, 7) is 0. The first-order valence-corrected chi connectivity index (χ1v) is 4.63. The van der Waals surface area contributed by atoms with Gasteiger partial charge in [-0.3, -0.25) is 10.1 Å². The summed E-state index contributed by atoms with van der Waals surface area (Å²) in [5.41, 5.74) is 6.19. The van der Waals surface area contributed by atoms with E-state index in [9.17, 15) is 10.1 Å². The highest BCUT2D eigenvalue weighted by molar-refractivity contribution is 5.43. The highest BCUT2D eigenvalue weighted by Crippen LogP contribution is 2.18. The van der Waals surface area contributed by atoms with Gasteiger partial charge in [0.05, 0.1) is 17.7 Å². The Morgan fingerprint density at radius 2 is 2.06 bits per heavy atom. The number of nitrogen functional groups attached to an aromatic ring is 1. The number of nitrogens with two attached hydrogens (primary N) is 1. The van der Waals surface area contributed by atoms with Crippen molar-refractivity contribution >= 4 is 11.6 Å². The number of aromatic nitrogens is 3. The van der Waals surface area contributed by atoms with Gasteiger partial charge in [0.25, 0.3) is 5.69 Å². The molecule has 1 aromatic heterocycles. The average Bonchev–Trinajstić information content (AvgIpc) is 2.71. The van der Waals surface area contributed by atoms with Gasteiger partial charge in [0, 0.05) is 12.1 Å². The fraction of sp³-hybridized carbons (Fsp3) is 0.111. The summed E-state index contributed by atoms with van der Waals surface area (Å²) in [7, 11) is 1.43. The number of methoxy groups -OCH3 is 1. The first kappa shape index (κ1) is 10.9. The smallest absolute Gasteiger partial charge is 0.337 e. The molecule has 0 aliphatic carbocycles. The van der Waals surface area contributed by atoms with Crippen molar-refractivity contribution in [1.82, 2.24) is 14.8 Å². The van der Waals surface area contributed by atoms with Gasteiger partial charge in [0.1, 0.15) is 0 Å². The molecule has 8 nitrogen and oxygen atoms in total. The number of nitro benzene ring substituents is 1. The zero-order valence-corrected chi connectivity index (χ0v) is 8.90. The van der Waals surface area contributed by atoms with Crippen LogP contribution in [-0.2, 0) is 0 Å². The maximum atomic E-state index is 10.5. The fourth-order valence-electron chi connectivity index (χ4n) is 1.30. The van der Waals surface area contributed by atoms with Crippen LogP contribution >= 0.6 is 0 Å². The average molecular weight is 235 g/mol. The van der Waals surface area contributed by atoms with E-state index in [2.05, 4.69) is 10.1 Å². The van der Waals surface area contributed by atoms with Crippen LogP contribution < -0.4 is 10.5 Å². The third kappa shape index (κ3) is 2.00. The van der Waals surface area contributed by atoms with Crippen molar-refractivity contribution in [2.24, 2.45) is 0 Å². The molecule has 2 aromatic rings. The highest BCUT2D eigenvalue weighted by atomic mass is 16.6. The predicted octanol–water partition coefficient (Wildman–Crippen LogP) is 0.766. The largest absolute Gasteiger partial charge is 0.466 e. The van der Waals surface area contributed by atoms with Crippen LogP contribution in [0.3, 0.4) is 0 Å². The molecular weight excluding hydrogens is 226 g/mol. The molecule has 88 valence electrons. The number of rotatable bonds is 3. The lowest BCUT2D eigenvalue weighted by molar-refractivity contribution is -0.384. The number of nitrogens with zero attached hydrogens (tertiary/aromatic N) is 4. The molecule has 0 amide bonds. The zero-order valence-electron chi connectivity index (χ0n) is 8.90. The normalized spacial score (nSPS) is 10.2. The number of nitro groups is 1. The highest BCUT2D eigenvalue weighted by Gasteiger charge is 2.10. The molecule has 0 aliphatic rings. The van der Waals surface area contributed by atoms with E-state index >= 15 is 0 Å². The molecule has 1 heterocycles. The van der Waals surface area contributed by atoms with E-state index < -0.39 is 4.92 Å². The van der Waals surface area contributed by atoms with Crippen molar-refractivity contribution in [2.45, 2.75) is 0 Å². The van der Waals surface area contributed by atoms with Crippen molar-refractivity contribution in [2.75, 3.05) is 12.8 Å².